The van der Waals surface area contributed by atoms with E-state index < -0.39 is 34.9 Å². The Balaban J connectivity index is 2.65. The summed E-state index contributed by atoms with van der Waals surface area (Å²) in [6, 6.07) is 2.25. The summed E-state index contributed by atoms with van der Waals surface area (Å²) in [4.78, 5) is 12.7. The predicted octanol–water partition coefficient (Wildman–Crippen LogP) is 3.48. The highest BCUT2D eigenvalue weighted by molar-refractivity contribution is 5.63. The Labute approximate surface area is 107 Å². The molecule has 0 fully saturated rings. The lowest BCUT2D eigenvalue weighted by Crippen LogP contribution is -2.16. The lowest BCUT2D eigenvalue weighted by molar-refractivity contribution is -0.141. The first-order valence-corrected chi connectivity index (χ1v) is 5.15. The van der Waals surface area contributed by atoms with Crippen molar-refractivity contribution in [2.24, 2.45) is 0 Å². The van der Waals surface area contributed by atoms with Crippen molar-refractivity contribution >= 4 is 0 Å². The van der Waals surface area contributed by atoms with Crippen LogP contribution in [0.2, 0.25) is 0 Å². The van der Waals surface area contributed by atoms with Gasteiger partial charge in [0.1, 0.15) is 5.69 Å². The van der Waals surface area contributed by atoms with E-state index in [9.17, 15) is 31.1 Å². The molecule has 0 atom stereocenters. The number of halogens is 6. The van der Waals surface area contributed by atoms with E-state index in [1.165, 1.54) is 0 Å². The highest BCUT2D eigenvalue weighted by Crippen LogP contribution is 2.30. The van der Waals surface area contributed by atoms with Crippen LogP contribution in [0.1, 0.15) is 5.69 Å². The summed E-state index contributed by atoms with van der Waals surface area (Å²) in [5, 5.41) is 0. The van der Waals surface area contributed by atoms with E-state index in [0.29, 0.717) is 18.2 Å². The molecule has 1 aromatic carbocycles. The van der Waals surface area contributed by atoms with Gasteiger partial charge in [-0.3, -0.25) is 4.79 Å². The van der Waals surface area contributed by atoms with E-state index >= 15 is 0 Å². The van der Waals surface area contributed by atoms with Gasteiger partial charge in [0.15, 0.2) is 17.5 Å². The largest absolute Gasteiger partial charge is 0.431 e. The van der Waals surface area contributed by atoms with Gasteiger partial charge >= 0.3 is 6.18 Å². The van der Waals surface area contributed by atoms with Crippen LogP contribution in [0, 0.1) is 17.5 Å². The van der Waals surface area contributed by atoms with Gasteiger partial charge in [-0.05, 0) is 29.3 Å². The second kappa shape index (κ2) is 4.69. The van der Waals surface area contributed by atoms with E-state index in [1.807, 2.05) is 0 Å². The Hall–Kier alpha value is -2.25. The SMILES string of the molecule is O=c1cc(-c2cc(F)c(F)c(F)c2)cc(C(F)(F)F)[nH]1. The molecular formula is C12H5F6NO. The maximum Gasteiger partial charge on any atom is 0.431 e. The number of rotatable bonds is 1. The molecule has 0 spiro atoms. The lowest BCUT2D eigenvalue weighted by atomic mass is 10.1. The van der Waals surface area contributed by atoms with Crippen molar-refractivity contribution in [2.45, 2.75) is 6.18 Å². The van der Waals surface area contributed by atoms with Crippen LogP contribution in [0.3, 0.4) is 0 Å². The zero-order chi connectivity index (χ0) is 15.1. The van der Waals surface area contributed by atoms with Gasteiger partial charge in [-0.1, -0.05) is 0 Å². The first-order valence-electron chi connectivity index (χ1n) is 5.15. The van der Waals surface area contributed by atoms with Crippen LogP contribution in [0.15, 0.2) is 29.1 Å². The molecule has 0 saturated carbocycles. The number of benzene rings is 1. The second-order valence-electron chi connectivity index (χ2n) is 3.90. The van der Waals surface area contributed by atoms with Crippen molar-refractivity contribution in [1.29, 1.82) is 0 Å². The fraction of sp³-hybridized carbons (Fsp3) is 0.0833. The molecule has 1 N–H and O–H groups in total. The molecule has 0 unspecified atom stereocenters. The monoisotopic (exact) mass is 293 g/mol. The summed E-state index contributed by atoms with van der Waals surface area (Å²) in [5.74, 6) is -4.86. The standard InChI is InChI=1S/C12H5F6NO/c13-7-1-5(2-8(14)11(7)15)6-3-9(12(16,17)18)19-10(20)4-6/h1-4H,(H,19,20). The summed E-state index contributed by atoms with van der Waals surface area (Å²) in [6.45, 7) is 0. The zero-order valence-corrected chi connectivity index (χ0v) is 9.49. The van der Waals surface area contributed by atoms with Crippen LogP contribution < -0.4 is 5.56 Å². The minimum absolute atomic E-state index is 0.376. The van der Waals surface area contributed by atoms with Gasteiger partial charge in [0.2, 0.25) is 5.56 Å². The van der Waals surface area contributed by atoms with Crippen molar-refractivity contribution in [3.05, 3.63) is 57.8 Å². The molecule has 0 saturated heterocycles. The van der Waals surface area contributed by atoms with E-state index in [1.54, 1.807) is 4.98 Å². The van der Waals surface area contributed by atoms with Crippen molar-refractivity contribution in [2.75, 3.05) is 0 Å². The molecule has 0 bridgehead atoms. The quantitative estimate of drug-likeness (QED) is 0.633. The minimum atomic E-state index is -4.83. The van der Waals surface area contributed by atoms with Crippen LogP contribution in [0.4, 0.5) is 26.3 Å². The molecule has 0 aliphatic rings. The number of aromatic nitrogens is 1. The number of hydrogen-bond acceptors (Lipinski definition) is 1. The maximum atomic E-state index is 13.0. The topological polar surface area (TPSA) is 32.9 Å². The Morgan fingerprint density at radius 2 is 1.35 bits per heavy atom. The Morgan fingerprint density at radius 1 is 0.850 bits per heavy atom. The summed E-state index contributed by atoms with van der Waals surface area (Å²) in [6.07, 6.45) is -4.83. The highest BCUT2D eigenvalue weighted by atomic mass is 19.4. The molecule has 1 aromatic heterocycles. The first kappa shape index (κ1) is 14.2. The van der Waals surface area contributed by atoms with Gasteiger partial charge in [0.05, 0.1) is 0 Å². The van der Waals surface area contributed by atoms with Crippen LogP contribution in [0.25, 0.3) is 11.1 Å². The number of alkyl halides is 3. The number of pyridine rings is 1. The Bertz CT molecular complexity index is 696. The summed E-state index contributed by atoms with van der Waals surface area (Å²) < 4.78 is 76.4. The molecule has 1 heterocycles. The third kappa shape index (κ3) is 2.68. The van der Waals surface area contributed by atoms with Crippen LogP contribution in [-0.4, -0.2) is 4.98 Å². The summed E-state index contributed by atoms with van der Waals surface area (Å²) in [5.41, 5.74) is -3.22. The third-order valence-corrected chi connectivity index (χ3v) is 2.47. The Kier molecular flexibility index (Phi) is 3.33. The average molecular weight is 293 g/mol. The molecule has 2 aromatic rings. The van der Waals surface area contributed by atoms with Crippen LogP contribution in [-0.2, 0) is 6.18 Å². The normalized spacial score (nSPS) is 11.7. The highest BCUT2D eigenvalue weighted by Gasteiger charge is 2.32. The van der Waals surface area contributed by atoms with Gasteiger partial charge in [0.25, 0.3) is 0 Å². The number of hydrogen-bond donors (Lipinski definition) is 1. The fourth-order valence-corrected chi connectivity index (χ4v) is 1.58. The average Bonchev–Trinajstić information content (AvgIpc) is 2.33. The first-order chi connectivity index (χ1) is 9.18. The number of H-pyrrole nitrogens is 1. The molecule has 0 aliphatic heterocycles. The molecule has 0 radical (unpaired) electrons. The van der Waals surface area contributed by atoms with Gasteiger partial charge in [0, 0.05) is 6.07 Å². The maximum absolute atomic E-state index is 13.0. The van der Waals surface area contributed by atoms with Gasteiger partial charge in [-0.25, -0.2) is 13.2 Å². The molecule has 0 amide bonds. The van der Waals surface area contributed by atoms with E-state index in [2.05, 4.69) is 0 Å². The van der Waals surface area contributed by atoms with Gasteiger partial charge < -0.3 is 4.98 Å². The van der Waals surface area contributed by atoms with E-state index in [4.69, 9.17) is 0 Å². The predicted molar refractivity (Wildman–Crippen MR) is 57.4 cm³/mol. The van der Waals surface area contributed by atoms with E-state index in [0.717, 1.165) is 6.07 Å². The second-order valence-corrected chi connectivity index (χ2v) is 3.90. The smallest absolute Gasteiger partial charge is 0.318 e. The summed E-state index contributed by atoms with van der Waals surface area (Å²) in [7, 11) is 0. The molecule has 106 valence electrons. The molecule has 2 nitrogen and oxygen atoms in total. The van der Waals surface area contributed by atoms with Crippen molar-refractivity contribution in [3.63, 3.8) is 0 Å². The zero-order valence-electron chi connectivity index (χ0n) is 9.49. The molecule has 20 heavy (non-hydrogen) atoms. The summed E-state index contributed by atoms with van der Waals surface area (Å²) >= 11 is 0. The molecular weight excluding hydrogens is 288 g/mol. The lowest BCUT2D eigenvalue weighted by Gasteiger charge is -2.09. The fourth-order valence-electron chi connectivity index (χ4n) is 1.58. The van der Waals surface area contributed by atoms with Gasteiger partial charge in [-0.2, -0.15) is 13.2 Å². The molecule has 2 rings (SSSR count). The van der Waals surface area contributed by atoms with Crippen LogP contribution in [0.5, 0.6) is 0 Å². The van der Waals surface area contributed by atoms with Crippen molar-refractivity contribution in [1.82, 2.24) is 4.98 Å². The van der Waals surface area contributed by atoms with Gasteiger partial charge in [-0.15, -0.1) is 0 Å². The van der Waals surface area contributed by atoms with E-state index in [-0.39, 0.29) is 11.1 Å². The van der Waals surface area contributed by atoms with Crippen molar-refractivity contribution < 1.29 is 26.3 Å². The minimum Gasteiger partial charge on any atom is -0.318 e. The Morgan fingerprint density at radius 3 is 1.85 bits per heavy atom. The molecule has 0 aliphatic carbocycles. The number of aromatic amines is 1. The third-order valence-electron chi connectivity index (χ3n) is 2.47. The molecule has 8 heteroatoms. The van der Waals surface area contributed by atoms with Crippen molar-refractivity contribution in [3.8, 4) is 11.1 Å². The van der Waals surface area contributed by atoms with Crippen LogP contribution >= 0.6 is 0 Å². The number of nitrogens with one attached hydrogen (secondary N) is 1.